The number of piperidine rings is 1. The first-order valence-corrected chi connectivity index (χ1v) is 13.6. The normalized spacial score (nSPS) is 37.0. The topological polar surface area (TPSA) is 55.7 Å². The second kappa shape index (κ2) is 7.42. The van der Waals surface area contributed by atoms with Gasteiger partial charge >= 0.3 is 0 Å². The average molecular weight is 474 g/mol. The van der Waals surface area contributed by atoms with Gasteiger partial charge in [0, 0.05) is 48.5 Å². The van der Waals surface area contributed by atoms with E-state index in [4.69, 9.17) is 9.97 Å². The molecule has 4 fully saturated rings. The number of aromatic hydroxyl groups is 1. The Hall–Kier alpha value is -2.18. The Labute approximate surface area is 209 Å². The van der Waals surface area contributed by atoms with E-state index in [1.807, 2.05) is 6.07 Å². The molecule has 35 heavy (non-hydrogen) atoms. The van der Waals surface area contributed by atoms with E-state index in [9.17, 15) is 5.11 Å². The van der Waals surface area contributed by atoms with Gasteiger partial charge in [0.2, 0.25) is 5.95 Å². The number of phenolic OH excluding ortho intramolecular Hbond substituents is 1. The van der Waals surface area contributed by atoms with Crippen molar-refractivity contribution in [3.8, 4) is 5.75 Å². The molecule has 6 nitrogen and oxygen atoms in total. The Balaban J connectivity index is 1.35. The third-order valence-corrected chi connectivity index (χ3v) is 10.6. The van der Waals surface area contributed by atoms with Crippen LogP contribution in [0.4, 0.5) is 5.95 Å². The van der Waals surface area contributed by atoms with E-state index in [1.54, 1.807) is 0 Å². The van der Waals surface area contributed by atoms with Gasteiger partial charge in [0.15, 0.2) is 0 Å². The van der Waals surface area contributed by atoms with Gasteiger partial charge < -0.3 is 14.9 Å². The van der Waals surface area contributed by atoms with Gasteiger partial charge in [0.1, 0.15) is 5.75 Å². The lowest BCUT2D eigenvalue weighted by Crippen LogP contribution is -2.70. The minimum atomic E-state index is 0.166. The Morgan fingerprint density at radius 1 is 1.11 bits per heavy atom. The first kappa shape index (κ1) is 22.1. The molecule has 4 bridgehead atoms. The number of benzene rings is 1. The molecule has 2 aromatic rings. The summed E-state index contributed by atoms with van der Waals surface area (Å²) in [6.07, 6.45) is 6.19. The van der Waals surface area contributed by atoms with Crippen LogP contribution in [0.3, 0.4) is 0 Å². The predicted molar refractivity (Wildman–Crippen MR) is 138 cm³/mol. The van der Waals surface area contributed by atoms with Crippen molar-refractivity contribution in [3.63, 3.8) is 0 Å². The van der Waals surface area contributed by atoms with E-state index < -0.39 is 0 Å². The van der Waals surface area contributed by atoms with Gasteiger partial charge in [-0.25, -0.2) is 9.97 Å². The summed E-state index contributed by atoms with van der Waals surface area (Å²) in [6.45, 7) is 8.72. The summed E-state index contributed by atoms with van der Waals surface area (Å²) in [5, 5.41) is 10.7. The van der Waals surface area contributed by atoms with Crippen LogP contribution >= 0.6 is 0 Å². The Bertz CT molecular complexity index is 1160. The Morgan fingerprint density at radius 3 is 2.69 bits per heavy atom. The van der Waals surface area contributed by atoms with Crippen LogP contribution in [0.5, 0.6) is 5.75 Å². The maximum atomic E-state index is 10.7. The molecule has 7 rings (SSSR count). The number of nitrogens with zero attached hydrogens (tertiary/aromatic N) is 5. The summed E-state index contributed by atoms with van der Waals surface area (Å²) < 4.78 is 0. The predicted octanol–water partition coefficient (Wildman–Crippen LogP) is 3.53. The third-order valence-electron chi connectivity index (χ3n) is 10.6. The van der Waals surface area contributed by atoms with Crippen LogP contribution in [0.15, 0.2) is 24.3 Å². The molecule has 3 aliphatic carbocycles. The third kappa shape index (κ3) is 2.84. The standard InChI is InChI=1S/C29H39N5O/c1-18-13-19(2)31-27(30-18)34-17-21-16-28-8-7-24(34)26(21)29(28)9-10-33(12-11-32(3)4)25(28)14-20-5-6-22(35)15-23(20)29/h5-6,13,15,21,24-26,35H,7-12,14,16-17H2,1-4H3/t21-,24?,25?,26?,28?,29?/m1/s1. The zero-order valence-electron chi connectivity index (χ0n) is 21.7. The molecule has 6 heteroatoms. The van der Waals surface area contributed by atoms with Gasteiger partial charge in [-0.3, -0.25) is 4.90 Å². The molecule has 2 saturated heterocycles. The molecule has 1 aromatic heterocycles. The summed E-state index contributed by atoms with van der Waals surface area (Å²) in [5.74, 6) is 2.68. The van der Waals surface area contributed by atoms with Gasteiger partial charge in [0.05, 0.1) is 0 Å². The monoisotopic (exact) mass is 473 g/mol. The van der Waals surface area contributed by atoms with E-state index in [1.165, 1.54) is 43.4 Å². The number of likely N-dealkylation sites (N-methyl/N-ethyl adjacent to an activating group) is 1. The molecule has 3 heterocycles. The van der Waals surface area contributed by atoms with Crippen LogP contribution in [-0.4, -0.2) is 77.2 Å². The quantitative estimate of drug-likeness (QED) is 0.733. The van der Waals surface area contributed by atoms with Gasteiger partial charge in [0.25, 0.3) is 0 Å². The maximum absolute atomic E-state index is 10.7. The molecule has 2 saturated carbocycles. The largest absolute Gasteiger partial charge is 0.508 e. The molecule has 5 aliphatic rings. The van der Waals surface area contributed by atoms with E-state index in [-0.39, 0.29) is 5.41 Å². The van der Waals surface area contributed by atoms with Crippen LogP contribution in [0, 0.1) is 31.1 Å². The van der Waals surface area contributed by atoms with Crippen molar-refractivity contribution in [2.45, 2.75) is 63.5 Å². The number of anilines is 1. The number of likely N-dealkylation sites (tertiary alicyclic amines) is 1. The fourth-order valence-electron chi connectivity index (χ4n) is 9.76. The average Bonchev–Trinajstić information content (AvgIpc) is 3.24. The lowest BCUT2D eigenvalue weighted by molar-refractivity contribution is -0.0917. The fraction of sp³-hybridized carbons (Fsp3) is 0.655. The van der Waals surface area contributed by atoms with Crippen molar-refractivity contribution >= 4 is 5.95 Å². The van der Waals surface area contributed by atoms with E-state index in [0.717, 1.165) is 43.4 Å². The van der Waals surface area contributed by atoms with E-state index in [0.29, 0.717) is 35.1 Å². The lowest BCUT2D eigenvalue weighted by atomic mass is 9.43. The second-order valence-corrected chi connectivity index (χ2v) is 12.5. The van der Waals surface area contributed by atoms with Gasteiger partial charge in [-0.1, -0.05) is 6.07 Å². The van der Waals surface area contributed by atoms with Crippen LogP contribution in [0.25, 0.3) is 0 Å². The highest BCUT2D eigenvalue weighted by molar-refractivity contribution is 5.53. The SMILES string of the molecule is Cc1cc(C)nc(N2C[C@H]3CC45CCC2C3C42CCN(CCN(C)C)C5Cc3ccc(O)cc32)n1. The van der Waals surface area contributed by atoms with Crippen LogP contribution in [0.2, 0.25) is 0 Å². The smallest absolute Gasteiger partial charge is 0.226 e. The van der Waals surface area contributed by atoms with Gasteiger partial charge in [-0.05, 0) is 113 Å². The Morgan fingerprint density at radius 2 is 1.91 bits per heavy atom. The van der Waals surface area contributed by atoms with Crippen molar-refractivity contribution in [3.05, 3.63) is 46.8 Å². The van der Waals surface area contributed by atoms with Crippen LogP contribution in [0.1, 0.15) is 48.2 Å². The zero-order chi connectivity index (χ0) is 24.1. The highest BCUT2D eigenvalue weighted by Gasteiger charge is 2.76. The first-order valence-electron chi connectivity index (χ1n) is 13.6. The summed E-state index contributed by atoms with van der Waals surface area (Å²) in [4.78, 5) is 17.6. The van der Waals surface area contributed by atoms with Crippen molar-refractivity contribution in [1.29, 1.82) is 0 Å². The molecule has 0 radical (unpaired) electrons. The fourth-order valence-corrected chi connectivity index (χ4v) is 9.76. The molecular weight excluding hydrogens is 434 g/mol. The molecule has 6 atom stereocenters. The highest BCUT2D eigenvalue weighted by Crippen LogP contribution is 2.75. The molecule has 2 aliphatic heterocycles. The summed E-state index contributed by atoms with van der Waals surface area (Å²) in [5.41, 5.74) is 5.60. The number of rotatable bonds is 4. The molecule has 186 valence electrons. The van der Waals surface area contributed by atoms with E-state index >= 15 is 0 Å². The first-order chi connectivity index (χ1) is 16.8. The van der Waals surface area contributed by atoms with Gasteiger partial charge in [-0.15, -0.1) is 0 Å². The molecular formula is C29H39N5O. The number of aryl methyl sites for hydroxylation is 2. The Kier molecular flexibility index (Phi) is 4.68. The number of phenols is 1. The van der Waals surface area contributed by atoms with Crippen molar-refractivity contribution in [2.24, 2.45) is 17.3 Å². The van der Waals surface area contributed by atoms with Crippen LogP contribution < -0.4 is 4.90 Å². The van der Waals surface area contributed by atoms with Crippen LogP contribution in [-0.2, 0) is 11.8 Å². The molecule has 0 spiro atoms. The van der Waals surface area contributed by atoms with Gasteiger partial charge in [-0.2, -0.15) is 0 Å². The highest BCUT2D eigenvalue weighted by atomic mass is 16.3. The number of hydrogen-bond donors (Lipinski definition) is 1. The maximum Gasteiger partial charge on any atom is 0.226 e. The zero-order valence-corrected chi connectivity index (χ0v) is 21.7. The molecule has 1 N–H and O–H groups in total. The minimum Gasteiger partial charge on any atom is -0.508 e. The number of hydrogen-bond acceptors (Lipinski definition) is 6. The van der Waals surface area contributed by atoms with Crippen molar-refractivity contribution in [2.75, 3.05) is 45.2 Å². The van der Waals surface area contributed by atoms with Crippen molar-refractivity contribution < 1.29 is 5.11 Å². The number of fused-ring (bicyclic) bond motifs is 1. The summed E-state index contributed by atoms with van der Waals surface area (Å²) in [6, 6.07) is 9.52. The van der Waals surface area contributed by atoms with Crippen molar-refractivity contribution in [1.82, 2.24) is 19.8 Å². The molecule has 5 unspecified atom stereocenters. The summed E-state index contributed by atoms with van der Waals surface area (Å²) >= 11 is 0. The minimum absolute atomic E-state index is 0.166. The lowest BCUT2D eigenvalue weighted by Gasteiger charge is -2.66. The molecule has 0 amide bonds. The number of aromatic nitrogens is 2. The molecule has 1 aromatic carbocycles. The van der Waals surface area contributed by atoms with E-state index in [2.05, 4.69) is 60.8 Å². The summed E-state index contributed by atoms with van der Waals surface area (Å²) in [7, 11) is 4.39. The second-order valence-electron chi connectivity index (χ2n) is 12.5.